The largest absolute Gasteiger partial charge is 0.445 e. The third kappa shape index (κ3) is 2.89. The van der Waals surface area contributed by atoms with Crippen molar-refractivity contribution in [3.05, 3.63) is 35.9 Å². The van der Waals surface area contributed by atoms with E-state index in [1.54, 1.807) is 11.8 Å². The monoisotopic (exact) mass is 263 g/mol. The first-order valence-electron chi connectivity index (χ1n) is 6.70. The Morgan fingerprint density at radius 2 is 2.16 bits per heavy atom. The van der Waals surface area contributed by atoms with Gasteiger partial charge in [-0.25, -0.2) is 4.79 Å². The molecule has 1 unspecified atom stereocenters. The van der Waals surface area contributed by atoms with Gasteiger partial charge in [-0.2, -0.15) is 0 Å². The third-order valence-electron chi connectivity index (χ3n) is 4.01. The van der Waals surface area contributed by atoms with Gasteiger partial charge in [-0.05, 0) is 32.3 Å². The van der Waals surface area contributed by atoms with E-state index >= 15 is 0 Å². The number of ether oxygens (including phenoxy) is 1. The molecule has 0 aliphatic carbocycles. The average Bonchev–Trinajstić information content (AvgIpc) is 2.81. The molecule has 1 aromatic rings. The van der Waals surface area contributed by atoms with E-state index in [1.165, 1.54) is 0 Å². The molecule has 0 radical (unpaired) electrons. The summed E-state index contributed by atoms with van der Waals surface area (Å²) >= 11 is 0. The van der Waals surface area contributed by atoms with Gasteiger partial charge in [0.2, 0.25) is 0 Å². The minimum atomic E-state index is -0.556. The van der Waals surface area contributed by atoms with Crippen molar-refractivity contribution in [1.29, 1.82) is 0 Å². The Morgan fingerprint density at radius 3 is 2.79 bits per heavy atom. The van der Waals surface area contributed by atoms with Crippen LogP contribution < -0.4 is 0 Å². The van der Waals surface area contributed by atoms with Gasteiger partial charge in [-0.1, -0.05) is 30.3 Å². The van der Waals surface area contributed by atoms with Gasteiger partial charge in [0.25, 0.3) is 0 Å². The quantitative estimate of drug-likeness (QED) is 0.911. The van der Waals surface area contributed by atoms with Crippen LogP contribution in [0.4, 0.5) is 4.79 Å². The maximum Gasteiger partial charge on any atom is 0.410 e. The van der Waals surface area contributed by atoms with Crippen LogP contribution in [0.25, 0.3) is 0 Å². The van der Waals surface area contributed by atoms with Crippen LogP contribution in [-0.4, -0.2) is 34.3 Å². The van der Waals surface area contributed by atoms with Crippen molar-refractivity contribution in [2.45, 2.75) is 44.9 Å². The standard InChI is InChI=1S/C15H21NO3/c1-12(17)15(2)9-6-10-16(15)14(18)19-11-13-7-4-3-5-8-13/h3-5,7-8,12,17H,6,9-11H2,1-2H3/t12?,15-/m0/s1. The number of aliphatic hydroxyl groups excluding tert-OH is 1. The number of benzene rings is 1. The van der Waals surface area contributed by atoms with Gasteiger partial charge in [0.1, 0.15) is 6.61 Å². The van der Waals surface area contributed by atoms with Crippen LogP contribution >= 0.6 is 0 Å². The molecule has 2 atom stereocenters. The van der Waals surface area contributed by atoms with Crippen molar-refractivity contribution in [2.24, 2.45) is 0 Å². The van der Waals surface area contributed by atoms with Gasteiger partial charge in [0, 0.05) is 6.54 Å². The number of hydrogen-bond acceptors (Lipinski definition) is 3. The van der Waals surface area contributed by atoms with Gasteiger partial charge in [-0.3, -0.25) is 0 Å². The fourth-order valence-electron chi connectivity index (χ4n) is 2.52. The summed E-state index contributed by atoms with van der Waals surface area (Å²) < 4.78 is 5.33. The highest BCUT2D eigenvalue weighted by Crippen LogP contribution is 2.32. The van der Waals surface area contributed by atoms with E-state index in [9.17, 15) is 9.90 Å². The number of rotatable bonds is 3. The molecule has 1 aliphatic heterocycles. The van der Waals surface area contributed by atoms with E-state index in [0.717, 1.165) is 18.4 Å². The highest BCUT2D eigenvalue weighted by atomic mass is 16.6. The minimum absolute atomic E-state index is 0.270. The molecule has 0 spiro atoms. The van der Waals surface area contributed by atoms with Gasteiger partial charge < -0.3 is 14.7 Å². The first kappa shape index (κ1) is 13.9. The summed E-state index contributed by atoms with van der Waals surface area (Å²) in [6.07, 6.45) is 0.816. The molecule has 1 heterocycles. The molecule has 0 bridgehead atoms. The third-order valence-corrected chi connectivity index (χ3v) is 4.01. The second-order valence-corrected chi connectivity index (χ2v) is 5.33. The maximum atomic E-state index is 12.1. The number of aliphatic hydroxyl groups is 1. The zero-order chi connectivity index (χ0) is 13.9. The van der Waals surface area contributed by atoms with E-state index in [2.05, 4.69) is 0 Å². The highest BCUT2D eigenvalue weighted by molar-refractivity contribution is 5.69. The van der Waals surface area contributed by atoms with E-state index in [0.29, 0.717) is 6.54 Å². The summed E-state index contributed by atoms with van der Waals surface area (Å²) in [6, 6.07) is 9.60. The summed E-state index contributed by atoms with van der Waals surface area (Å²) in [6.45, 7) is 4.55. The SMILES string of the molecule is CC(O)[C@]1(C)CCCN1C(=O)OCc1ccccc1. The predicted molar refractivity (Wildman–Crippen MR) is 72.7 cm³/mol. The summed E-state index contributed by atoms with van der Waals surface area (Å²) in [4.78, 5) is 13.8. The van der Waals surface area contributed by atoms with E-state index < -0.39 is 11.6 Å². The molecular weight excluding hydrogens is 242 g/mol. The Hall–Kier alpha value is -1.55. The first-order valence-corrected chi connectivity index (χ1v) is 6.70. The minimum Gasteiger partial charge on any atom is -0.445 e. The van der Waals surface area contributed by atoms with Crippen molar-refractivity contribution < 1.29 is 14.6 Å². The lowest BCUT2D eigenvalue weighted by Crippen LogP contribution is -2.52. The summed E-state index contributed by atoms with van der Waals surface area (Å²) in [5.41, 5.74) is 0.460. The molecule has 19 heavy (non-hydrogen) atoms. The van der Waals surface area contributed by atoms with E-state index in [1.807, 2.05) is 37.3 Å². The number of hydrogen-bond donors (Lipinski definition) is 1. The van der Waals surface area contributed by atoms with Crippen LogP contribution in [0.5, 0.6) is 0 Å². The summed E-state index contributed by atoms with van der Waals surface area (Å²) in [7, 11) is 0. The first-order chi connectivity index (χ1) is 9.04. The smallest absolute Gasteiger partial charge is 0.410 e. The second-order valence-electron chi connectivity index (χ2n) is 5.33. The lowest BCUT2D eigenvalue weighted by atomic mass is 9.93. The lowest BCUT2D eigenvalue weighted by Gasteiger charge is -2.36. The molecule has 104 valence electrons. The Kier molecular flexibility index (Phi) is 4.10. The van der Waals surface area contributed by atoms with Crippen molar-refractivity contribution in [1.82, 2.24) is 4.90 Å². The molecule has 0 saturated carbocycles. The maximum absolute atomic E-state index is 12.1. The number of nitrogens with zero attached hydrogens (tertiary/aromatic N) is 1. The van der Waals surface area contributed by atoms with Gasteiger partial charge >= 0.3 is 6.09 Å². The van der Waals surface area contributed by atoms with Crippen molar-refractivity contribution in [3.63, 3.8) is 0 Å². The van der Waals surface area contributed by atoms with Crippen LogP contribution in [0.1, 0.15) is 32.3 Å². The van der Waals surface area contributed by atoms with Gasteiger partial charge in [0.15, 0.2) is 0 Å². The van der Waals surface area contributed by atoms with Crippen molar-refractivity contribution >= 4 is 6.09 Å². The number of amides is 1. The normalized spacial score (nSPS) is 24.3. The van der Waals surface area contributed by atoms with Crippen LogP contribution in [0.15, 0.2) is 30.3 Å². The average molecular weight is 263 g/mol. The number of carbonyl (C=O) groups is 1. The predicted octanol–water partition coefficient (Wildman–Crippen LogP) is 2.56. The van der Waals surface area contributed by atoms with E-state index in [-0.39, 0.29) is 12.7 Å². The molecule has 1 saturated heterocycles. The summed E-state index contributed by atoms with van der Waals surface area (Å²) in [5.74, 6) is 0. The topological polar surface area (TPSA) is 49.8 Å². The van der Waals surface area contributed by atoms with E-state index in [4.69, 9.17) is 4.74 Å². The zero-order valence-corrected chi connectivity index (χ0v) is 11.5. The Bertz CT molecular complexity index is 432. The molecule has 1 aliphatic rings. The molecule has 1 N–H and O–H groups in total. The van der Waals surface area contributed by atoms with Crippen LogP contribution in [0.3, 0.4) is 0 Å². The second kappa shape index (κ2) is 5.61. The number of likely N-dealkylation sites (tertiary alicyclic amines) is 1. The van der Waals surface area contributed by atoms with Crippen LogP contribution in [-0.2, 0) is 11.3 Å². The summed E-state index contributed by atoms with van der Waals surface area (Å²) in [5, 5.41) is 9.87. The van der Waals surface area contributed by atoms with Crippen LogP contribution in [0, 0.1) is 0 Å². The van der Waals surface area contributed by atoms with Crippen molar-refractivity contribution in [3.8, 4) is 0 Å². The molecule has 0 aromatic heterocycles. The number of carbonyl (C=O) groups excluding carboxylic acids is 1. The zero-order valence-electron chi connectivity index (χ0n) is 11.5. The molecular formula is C15H21NO3. The lowest BCUT2D eigenvalue weighted by molar-refractivity contribution is 0.00720. The van der Waals surface area contributed by atoms with Gasteiger partial charge in [-0.15, -0.1) is 0 Å². The Balaban J connectivity index is 1.96. The Morgan fingerprint density at radius 1 is 1.47 bits per heavy atom. The fraction of sp³-hybridized carbons (Fsp3) is 0.533. The van der Waals surface area contributed by atoms with Crippen LogP contribution in [0.2, 0.25) is 0 Å². The molecule has 1 aromatic carbocycles. The van der Waals surface area contributed by atoms with Crippen molar-refractivity contribution in [2.75, 3.05) is 6.54 Å². The Labute approximate surface area is 114 Å². The highest BCUT2D eigenvalue weighted by Gasteiger charge is 2.44. The molecule has 1 amide bonds. The molecule has 4 heteroatoms. The van der Waals surface area contributed by atoms with Gasteiger partial charge in [0.05, 0.1) is 11.6 Å². The fourth-order valence-corrected chi connectivity index (χ4v) is 2.52. The molecule has 4 nitrogen and oxygen atoms in total. The molecule has 1 fully saturated rings. The molecule has 2 rings (SSSR count).